The number of ether oxygens (including phenoxy) is 3. The maximum atomic E-state index is 13.9. The van der Waals surface area contributed by atoms with Crippen LogP contribution in [-0.4, -0.2) is 30.9 Å². The van der Waals surface area contributed by atoms with Crippen LogP contribution in [0.2, 0.25) is 0 Å². The molecular formula is C29H31BrN2O5S. The Labute approximate surface area is 234 Å². The van der Waals surface area contributed by atoms with E-state index in [1.807, 2.05) is 43.3 Å². The monoisotopic (exact) mass is 598 g/mol. The highest BCUT2D eigenvalue weighted by atomic mass is 79.9. The second-order valence-electron chi connectivity index (χ2n) is 9.09. The Bertz CT molecular complexity index is 1570. The van der Waals surface area contributed by atoms with Crippen molar-refractivity contribution in [2.24, 2.45) is 4.99 Å². The summed E-state index contributed by atoms with van der Waals surface area (Å²) < 4.78 is 19.4. The summed E-state index contributed by atoms with van der Waals surface area (Å²) in [5.41, 5.74) is 3.44. The fourth-order valence-electron chi connectivity index (χ4n) is 4.43. The molecule has 1 aromatic heterocycles. The van der Waals surface area contributed by atoms with E-state index < -0.39 is 12.0 Å². The van der Waals surface area contributed by atoms with Crippen LogP contribution in [0.4, 0.5) is 0 Å². The van der Waals surface area contributed by atoms with Gasteiger partial charge in [0.2, 0.25) is 0 Å². The molecule has 0 fully saturated rings. The van der Waals surface area contributed by atoms with Crippen LogP contribution < -0.4 is 24.4 Å². The van der Waals surface area contributed by atoms with Crippen LogP contribution in [-0.2, 0) is 9.53 Å². The lowest BCUT2D eigenvalue weighted by molar-refractivity contribution is -0.139. The third-order valence-electron chi connectivity index (χ3n) is 6.27. The number of fused-ring (bicyclic) bond motifs is 1. The molecule has 0 amide bonds. The standard InChI is InChI=1S/C29H31BrN2O5S/c1-7-36-26-21(30)13-18(14-22(26)35-6)15-23-27(33)32-25(20-11-9-19(10-12-20)16(3)4)24(28(34)37-8-2)17(5)31-29(32)38-23/h9-16,25H,7-8H2,1-6H3/b23-15-/t25-/m1/s1. The number of aromatic nitrogens is 1. The van der Waals surface area contributed by atoms with E-state index in [0.29, 0.717) is 44.6 Å². The van der Waals surface area contributed by atoms with E-state index >= 15 is 0 Å². The minimum Gasteiger partial charge on any atom is -0.493 e. The molecule has 0 bridgehead atoms. The molecule has 1 aliphatic heterocycles. The van der Waals surface area contributed by atoms with E-state index in [2.05, 4.69) is 34.8 Å². The van der Waals surface area contributed by atoms with E-state index in [0.717, 1.165) is 15.6 Å². The lowest BCUT2D eigenvalue weighted by atomic mass is 9.93. The first-order valence-electron chi connectivity index (χ1n) is 12.5. The highest BCUT2D eigenvalue weighted by Crippen LogP contribution is 2.37. The van der Waals surface area contributed by atoms with Gasteiger partial charge in [0.15, 0.2) is 16.3 Å². The van der Waals surface area contributed by atoms with Crippen LogP contribution >= 0.6 is 27.3 Å². The number of methoxy groups -OCH3 is 1. The molecule has 0 radical (unpaired) electrons. The SMILES string of the molecule is CCOC(=O)C1=C(C)N=c2s/c(=C\c3cc(Br)c(OCC)c(OC)c3)c(=O)n2[C@@H]1c1ccc(C(C)C)cc1. The van der Waals surface area contributed by atoms with E-state index in [9.17, 15) is 9.59 Å². The molecule has 2 heterocycles. The second kappa shape index (κ2) is 11.7. The first kappa shape index (κ1) is 27.9. The number of halogens is 1. The van der Waals surface area contributed by atoms with Crippen molar-refractivity contribution in [2.45, 2.75) is 46.6 Å². The van der Waals surface area contributed by atoms with E-state index in [-0.39, 0.29) is 12.2 Å². The van der Waals surface area contributed by atoms with E-state index in [1.54, 1.807) is 31.6 Å². The smallest absolute Gasteiger partial charge is 0.338 e. The fraction of sp³-hybridized carbons (Fsp3) is 0.345. The minimum absolute atomic E-state index is 0.230. The predicted molar refractivity (Wildman–Crippen MR) is 153 cm³/mol. The number of hydrogen-bond donors (Lipinski definition) is 0. The molecule has 1 aliphatic rings. The van der Waals surface area contributed by atoms with Crippen molar-refractivity contribution in [1.82, 2.24) is 4.57 Å². The molecule has 0 aliphatic carbocycles. The number of thiazole rings is 1. The van der Waals surface area contributed by atoms with E-state index in [4.69, 9.17) is 14.2 Å². The average Bonchev–Trinajstić information content (AvgIpc) is 3.18. The highest BCUT2D eigenvalue weighted by Gasteiger charge is 2.33. The summed E-state index contributed by atoms with van der Waals surface area (Å²) >= 11 is 4.83. The van der Waals surface area contributed by atoms with Gasteiger partial charge in [-0.2, -0.15) is 0 Å². The molecule has 3 aromatic rings. The summed E-state index contributed by atoms with van der Waals surface area (Å²) in [5, 5.41) is 0. The average molecular weight is 600 g/mol. The van der Waals surface area contributed by atoms with Gasteiger partial charge in [-0.25, -0.2) is 9.79 Å². The first-order valence-corrected chi connectivity index (χ1v) is 14.1. The summed E-state index contributed by atoms with van der Waals surface area (Å²) in [7, 11) is 1.58. The number of nitrogens with zero attached hydrogens (tertiary/aromatic N) is 2. The Morgan fingerprint density at radius 3 is 2.50 bits per heavy atom. The number of esters is 1. The Morgan fingerprint density at radius 1 is 1.18 bits per heavy atom. The van der Waals surface area contributed by atoms with Gasteiger partial charge in [-0.05, 0) is 77.5 Å². The van der Waals surface area contributed by atoms with Gasteiger partial charge in [0.25, 0.3) is 5.56 Å². The predicted octanol–water partition coefficient (Wildman–Crippen LogP) is 5.09. The first-order chi connectivity index (χ1) is 18.2. The van der Waals surface area contributed by atoms with Crippen molar-refractivity contribution in [1.29, 1.82) is 0 Å². The molecule has 0 N–H and O–H groups in total. The van der Waals surface area contributed by atoms with Gasteiger partial charge < -0.3 is 14.2 Å². The summed E-state index contributed by atoms with van der Waals surface area (Å²) in [6.07, 6.45) is 1.80. The van der Waals surface area contributed by atoms with Crippen molar-refractivity contribution in [3.63, 3.8) is 0 Å². The van der Waals surface area contributed by atoms with Gasteiger partial charge in [0.1, 0.15) is 0 Å². The van der Waals surface area contributed by atoms with Gasteiger partial charge in [-0.3, -0.25) is 9.36 Å². The third-order valence-corrected chi connectivity index (χ3v) is 7.85. The molecule has 0 spiro atoms. The minimum atomic E-state index is -0.643. The largest absolute Gasteiger partial charge is 0.493 e. The third kappa shape index (κ3) is 5.35. The molecule has 4 rings (SSSR count). The lowest BCUT2D eigenvalue weighted by Crippen LogP contribution is -2.39. The molecule has 38 heavy (non-hydrogen) atoms. The molecule has 2 aromatic carbocycles. The highest BCUT2D eigenvalue weighted by molar-refractivity contribution is 9.10. The van der Waals surface area contributed by atoms with Crippen molar-refractivity contribution >= 4 is 39.3 Å². The number of allylic oxidation sites excluding steroid dienone is 1. The summed E-state index contributed by atoms with van der Waals surface area (Å²) in [6.45, 7) is 10.4. The molecular weight excluding hydrogens is 568 g/mol. The molecule has 200 valence electrons. The quantitative estimate of drug-likeness (QED) is 0.337. The maximum absolute atomic E-state index is 13.9. The van der Waals surface area contributed by atoms with Gasteiger partial charge in [0, 0.05) is 0 Å². The molecule has 0 saturated carbocycles. The van der Waals surface area contributed by atoms with Crippen LogP contribution in [0, 0.1) is 0 Å². The van der Waals surface area contributed by atoms with Crippen LogP contribution in [0.5, 0.6) is 11.5 Å². The number of hydrogen-bond acceptors (Lipinski definition) is 7. The van der Waals surface area contributed by atoms with Crippen LogP contribution in [0.1, 0.15) is 63.3 Å². The molecule has 0 saturated heterocycles. The molecule has 7 nitrogen and oxygen atoms in total. The van der Waals surface area contributed by atoms with Crippen LogP contribution in [0.15, 0.2) is 61.9 Å². The zero-order valence-corrected chi connectivity index (χ0v) is 24.7. The van der Waals surface area contributed by atoms with Crippen LogP contribution in [0.3, 0.4) is 0 Å². The number of rotatable bonds is 8. The van der Waals surface area contributed by atoms with Crippen molar-refractivity contribution in [2.75, 3.05) is 20.3 Å². The number of benzene rings is 2. The zero-order valence-electron chi connectivity index (χ0n) is 22.3. The van der Waals surface area contributed by atoms with Crippen molar-refractivity contribution in [3.8, 4) is 11.5 Å². The van der Waals surface area contributed by atoms with Gasteiger partial charge in [0.05, 0.1) is 46.6 Å². The fourth-order valence-corrected chi connectivity index (χ4v) is 6.05. The number of carbonyl (C=O) groups excluding carboxylic acids is 1. The summed E-state index contributed by atoms with van der Waals surface area (Å²) in [4.78, 5) is 32.1. The normalized spacial score (nSPS) is 15.4. The maximum Gasteiger partial charge on any atom is 0.338 e. The number of carbonyl (C=O) groups is 1. The van der Waals surface area contributed by atoms with Crippen molar-refractivity contribution in [3.05, 3.63) is 88.5 Å². The summed E-state index contributed by atoms with van der Waals surface area (Å²) in [5.74, 6) is 1.05. The van der Waals surface area contributed by atoms with Gasteiger partial charge >= 0.3 is 5.97 Å². The topological polar surface area (TPSA) is 79.1 Å². The Morgan fingerprint density at radius 2 is 1.89 bits per heavy atom. The molecule has 9 heteroatoms. The molecule has 1 atom stereocenters. The summed E-state index contributed by atoms with van der Waals surface area (Å²) in [6, 6.07) is 11.1. The Balaban J connectivity index is 1.91. The van der Waals surface area contributed by atoms with Crippen molar-refractivity contribution < 1.29 is 19.0 Å². The lowest BCUT2D eigenvalue weighted by Gasteiger charge is -2.25. The van der Waals surface area contributed by atoms with Gasteiger partial charge in [-0.15, -0.1) is 0 Å². The molecule has 0 unspecified atom stereocenters. The Hall–Kier alpha value is -3.17. The Kier molecular flexibility index (Phi) is 8.57. The van der Waals surface area contributed by atoms with Gasteiger partial charge in [-0.1, -0.05) is 49.4 Å². The zero-order chi connectivity index (χ0) is 27.6. The van der Waals surface area contributed by atoms with Crippen LogP contribution in [0.25, 0.3) is 6.08 Å². The van der Waals surface area contributed by atoms with E-state index in [1.165, 1.54) is 16.9 Å². The second-order valence-corrected chi connectivity index (χ2v) is 11.0.